The molecule has 2 rings (SSSR count). The predicted octanol–water partition coefficient (Wildman–Crippen LogP) is 2.70. The third-order valence-corrected chi connectivity index (χ3v) is 4.76. The van der Waals surface area contributed by atoms with E-state index in [0.29, 0.717) is 24.6 Å². The highest BCUT2D eigenvalue weighted by atomic mass is 32.2. The van der Waals surface area contributed by atoms with Crippen molar-refractivity contribution < 1.29 is 22.2 Å². The third kappa shape index (κ3) is 3.97. The first-order valence-corrected chi connectivity index (χ1v) is 8.26. The van der Waals surface area contributed by atoms with Crippen LogP contribution in [0.4, 0.5) is 13.2 Å². The van der Waals surface area contributed by atoms with Gasteiger partial charge >= 0.3 is 6.18 Å². The molecule has 0 bridgehead atoms. The Morgan fingerprint density at radius 3 is 2.41 bits per heavy atom. The number of allylic oxidation sites excluding steroid dienone is 1. The fourth-order valence-electron chi connectivity index (χ4n) is 2.29. The van der Waals surface area contributed by atoms with Gasteiger partial charge in [-0.15, -0.1) is 0 Å². The number of hydrogen-bond acceptors (Lipinski definition) is 2. The summed E-state index contributed by atoms with van der Waals surface area (Å²) in [6, 6.07) is 5.19. The predicted molar refractivity (Wildman–Crippen MR) is 79.6 cm³/mol. The largest absolute Gasteiger partial charge is 0.416 e. The Morgan fingerprint density at radius 2 is 1.82 bits per heavy atom. The smallest absolute Gasteiger partial charge is 0.337 e. The summed E-state index contributed by atoms with van der Waals surface area (Å²) in [4.78, 5) is 13.6. The van der Waals surface area contributed by atoms with Crippen molar-refractivity contribution >= 4 is 22.3 Å². The summed E-state index contributed by atoms with van der Waals surface area (Å²) in [5, 5.41) is 0. The minimum Gasteiger partial charge on any atom is -0.337 e. The monoisotopic (exact) mass is 331 g/mol. The lowest BCUT2D eigenvalue weighted by Crippen LogP contribution is -2.41. The zero-order chi connectivity index (χ0) is 16.3. The van der Waals surface area contributed by atoms with E-state index in [9.17, 15) is 22.2 Å². The first-order chi connectivity index (χ1) is 10.3. The van der Waals surface area contributed by atoms with E-state index in [1.54, 1.807) is 0 Å². The number of amides is 1. The van der Waals surface area contributed by atoms with Crippen molar-refractivity contribution in [1.82, 2.24) is 4.90 Å². The minimum atomic E-state index is -4.46. The molecule has 0 aliphatic carbocycles. The van der Waals surface area contributed by atoms with Gasteiger partial charge in [0.15, 0.2) is 0 Å². The van der Waals surface area contributed by atoms with Gasteiger partial charge < -0.3 is 4.90 Å². The molecule has 120 valence electrons. The van der Waals surface area contributed by atoms with Crippen molar-refractivity contribution in [1.29, 1.82) is 0 Å². The molecule has 0 saturated carbocycles. The number of nitrogens with zero attached hydrogens (tertiary/aromatic N) is 1. The highest BCUT2D eigenvalue weighted by Crippen LogP contribution is 2.34. The van der Waals surface area contributed by atoms with E-state index >= 15 is 0 Å². The SMILES string of the molecule is C/C(=C\C(=O)N1CCS(=O)CC1)c1ccccc1C(F)(F)F. The van der Waals surface area contributed by atoms with Crippen LogP contribution in [-0.4, -0.2) is 39.6 Å². The maximum absolute atomic E-state index is 13.0. The Kier molecular flexibility index (Phi) is 5.05. The number of benzene rings is 1. The van der Waals surface area contributed by atoms with Crippen molar-refractivity contribution in [2.45, 2.75) is 13.1 Å². The molecule has 0 atom stereocenters. The molecule has 1 fully saturated rings. The summed E-state index contributed by atoms with van der Waals surface area (Å²) in [6.45, 7) is 2.23. The van der Waals surface area contributed by atoms with Crippen molar-refractivity contribution in [2.75, 3.05) is 24.6 Å². The molecule has 1 aromatic carbocycles. The molecule has 0 radical (unpaired) electrons. The van der Waals surface area contributed by atoms with Crippen LogP contribution in [0.1, 0.15) is 18.1 Å². The molecule has 1 saturated heterocycles. The molecule has 22 heavy (non-hydrogen) atoms. The van der Waals surface area contributed by atoms with E-state index in [1.807, 2.05) is 0 Å². The van der Waals surface area contributed by atoms with Gasteiger partial charge in [-0.1, -0.05) is 18.2 Å². The summed E-state index contributed by atoms with van der Waals surface area (Å²) < 4.78 is 50.2. The molecule has 0 aromatic heterocycles. The van der Waals surface area contributed by atoms with Crippen LogP contribution in [0, 0.1) is 0 Å². The molecule has 1 aliphatic heterocycles. The topological polar surface area (TPSA) is 37.4 Å². The van der Waals surface area contributed by atoms with E-state index in [-0.39, 0.29) is 17.0 Å². The van der Waals surface area contributed by atoms with Gasteiger partial charge in [0.05, 0.1) is 5.56 Å². The lowest BCUT2D eigenvalue weighted by molar-refractivity contribution is -0.137. The standard InChI is InChI=1S/C15H16F3NO2S/c1-11(10-14(20)19-6-8-22(21)9-7-19)12-4-2-3-5-13(12)15(16,17)18/h2-5,10H,6-9H2,1H3/b11-10+. The van der Waals surface area contributed by atoms with Crippen LogP contribution in [0.5, 0.6) is 0 Å². The maximum atomic E-state index is 13.0. The summed E-state index contributed by atoms with van der Waals surface area (Å²) in [6.07, 6.45) is -3.24. The number of rotatable bonds is 2. The molecular weight excluding hydrogens is 315 g/mol. The van der Waals surface area contributed by atoms with Crippen LogP contribution >= 0.6 is 0 Å². The Balaban J connectivity index is 2.22. The van der Waals surface area contributed by atoms with Crippen LogP contribution in [-0.2, 0) is 21.8 Å². The van der Waals surface area contributed by atoms with Gasteiger partial charge in [0.2, 0.25) is 5.91 Å². The number of hydrogen-bond donors (Lipinski definition) is 0. The van der Waals surface area contributed by atoms with Gasteiger partial charge in [0.1, 0.15) is 0 Å². The molecule has 0 N–H and O–H groups in total. The quantitative estimate of drug-likeness (QED) is 0.782. The van der Waals surface area contributed by atoms with Crippen molar-refractivity contribution in [3.05, 3.63) is 41.5 Å². The van der Waals surface area contributed by atoms with Crippen LogP contribution in [0.25, 0.3) is 5.57 Å². The summed E-state index contributed by atoms with van der Waals surface area (Å²) in [5.74, 6) is 0.487. The molecule has 0 spiro atoms. The molecule has 1 aromatic rings. The lowest BCUT2D eigenvalue weighted by atomic mass is 10.00. The molecule has 3 nitrogen and oxygen atoms in total. The third-order valence-electron chi connectivity index (χ3n) is 3.49. The zero-order valence-electron chi connectivity index (χ0n) is 12.0. The average molecular weight is 331 g/mol. The second kappa shape index (κ2) is 6.64. The normalized spacial score (nSPS) is 17.6. The van der Waals surface area contributed by atoms with Gasteiger partial charge in [0.25, 0.3) is 0 Å². The fourth-order valence-corrected chi connectivity index (χ4v) is 3.34. The van der Waals surface area contributed by atoms with Gasteiger partial charge in [-0.05, 0) is 24.1 Å². The average Bonchev–Trinajstić information content (AvgIpc) is 2.47. The number of carbonyl (C=O) groups excluding carboxylic acids is 1. The minimum absolute atomic E-state index is 0.00364. The highest BCUT2D eigenvalue weighted by Gasteiger charge is 2.33. The van der Waals surface area contributed by atoms with E-state index < -0.39 is 22.5 Å². The molecular formula is C15H16F3NO2S. The zero-order valence-corrected chi connectivity index (χ0v) is 12.8. The second-order valence-corrected chi connectivity index (χ2v) is 6.74. The van der Waals surface area contributed by atoms with Gasteiger partial charge in [-0.25, -0.2) is 0 Å². The molecule has 1 aliphatic rings. The Bertz CT molecular complexity index is 615. The van der Waals surface area contributed by atoms with E-state index in [1.165, 1.54) is 36.1 Å². The second-order valence-electron chi connectivity index (χ2n) is 5.04. The van der Waals surface area contributed by atoms with Gasteiger partial charge in [-0.3, -0.25) is 9.00 Å². The summed E-state index contributed by atoms with van der Waals surface area (Å²) >= 11 is 0. The summed E-state index contributed by atoms with van der Waals surface area (Å²) in [5.41, 5.74) is -0.482. The van der Waals surface area contributed by atoms with E-state index in [0.717, 1.165) is 6.07 Å². The molecule has 7 heteroatoms. The van der Waals surface area contributed by atoms with Gasteiger partial charge in [-0.2, -0.15) is 13.2 Å². The first kappa shape index (κ1) is 16.7. The lowest BCUT2D eigenvalue weighted by Gasteiger charge is -2.25. The Labute approximate surface area is 129 Å². The first-order valence-electron chi connectivity index (χ1n) is 6.78. The van der Waals surface area contributed by atoms with Crippen LogP contribution < -0.4 is 0 Å². The number of halogens is 3. The highest BCUT2D eigenvalue weighted by molar-refractivity contribution is 7.85. The fraction of sp³-hybridized carbons (Fsp3) is 0.400. The van der Waals surface area contributed by atoms with Crippen LogP contribution in [0.15, 0.2) is 30.3 Å². The van der Waals surface area contributed by atoms with E-state index in [4.69, 9.17) is 0 Å². The van der Waals surface area contributed by atoms with Crippen molar-refractivity contribution in [3.63, 3.8) is 0 Å². The summed E-state index contributed by atoms with van der Waals surface area (Å²) in [7, 11) is -0.905. The molecule has 0 unspecified atom stereocenters. The Morgan fingerprint density at radius 1 is 1.23 bits per heavy atom. The van der Waals surface area contributed by atoms with Crippen LogP contribution in [0.3, 0.4) is 0 Å². The molecule has 1 heterocycles. The van der Waals surface area contributed by atoms with Crippen LogP contribution in [0.2, 0.25) is 0 Å². The van der Waals surface area contributed by atoms with Crippen molar-refractivity contribution in [3.8, 4) is 0 Å². The van der Waals surface area contributed by atoms with E-state index in [2.05, 4.69) is 0 Å². The number of alkyl halides is 3. The molecule has 1 amide bonds. The van der Waals surface area contributed by atoms with Crippen molar-refractivity contribution in [2.24, 2.45) is 0 Å². The maximum Gasteiger partial charge on any atom is 0.416 e. The van der Waals surface area contributed by atoms with Gasteiger partial charge in [0, 0.05) is 41.5 Å². The number of carbonyl (C=O) groups is 1. The Hall–Kier alpha value is -1.63.